The molecule has 1 atom stereocenters. The zero-order chi connectivity index (χ0) is 19.4. The summed E-state index contributed by atoms with van der Waals surface area (Å²) in [5.74, 6) is -0.753. The Morgan fingerprint density at radius 3 is 2.48 bits per heavy atom. The maximum Gasteiger partial charge on any atom is 0.292 e. The Morgan fingerprint density at radius 2 is 1.81 bits per heavy atom. The van der Waals surface area contributed by atoms with Crippen molar-refractivity contribution in [1.29, 1.82) is 0 Å². The molecule has 144 valence electrons. The normalized spacial score (nSPS) is 15.7. The molecule has 1 aromatic carbocycles. The van der Waals surface area contributed by atoms with Gasteiger partial charge in [-0.05, 0) is 57.8 Å². The van der Waals surface area contributed by atoms with Crippen molar-refractivity contribution in [2.24, 2.45) is 5.92 Å². The fraction of sp³-hybridized carbons (Fsp3) is 0.476. The second-order valence-corrected chi connectivity index (χ2v) is 7.45. The van der Waals surface area contributed by atoms with Crippen molar-refractivity contribution in [2.75, 3.05) is 26.2 Å². The quantitative estimate of drug-likeness (QED) is 0.602. The Balaban J connectivity index is 1.64. The van der Waals surface area contributed by atoms with E-state index in [-0.39, 0.29) is 0 Å². The van der Waals surface area contributed by atoms with Gasteiger partial charge in [-0.2, -0.15) is 5.10 Å². The summed E-state index contributed by atoms with van der Waals surface area (Å²) < 4.78 is 1.71. The van der Waals surface area contributed by atoms with Gasteiger partial charge in [0.05, 0.1) is 22.6 Å². The molecule has 0 radical (unpaired) electrons. The van der Waals surface area contributed by atoms with Crippen LogP contribution in [-0.4, -0.2) is 52.5 Å². The largest absolute Gasteiger partial charge is 0.349 e. The molecular formula is C21H28N4O2. The molecule has 0 bridgehead atoms. The summed E-state index contributed by atoms with van der Waals surface area (Å²) >= 11 is 0. The Labute approximate surface area is 160 Å². The number of likely N-dealkylation sites (tertiary alicyclic amines) is 1. The fourth-order valence-electron chi connectivity index (χ4n) is 3.72. The number of para-hydroxylation sites is 1. The molecule has 1 fully saturated rings. The topological polar surface area (TPSA) is 67.2 Å². The number of aromatic nitrogens is 2. The van der Waals surface area contributed by atoms with Crippen LogP contribution in [0, 0.1) is 19.8 Å². The summed E-state index contributed by atoms with van der Waals surface area (Å²) in [7, 11) is 0. The van der Waals surface area contributed by atoms with Gasteiger partial charge in [-0.15, -0.1) is 0 Å². The third-order valence-corrected chi connectivity index (χ3v) is 5.11. The number of ketones is 1. The van der Waals surface area contributed by atoms with E-state index in [0.717, 1.165) is 25.3 Å². The van der Waals surface area contributed by atoms with Crippen molar-refractivity contribution in [1.82, 2.24) is 20.0 Å². The molecule has 0 saturated carbocycles. The molecule has 2 aromatic rings. The molecule has 1 aliphatic heterocycles. The van der Waals surface area contributed by atoms with Crippen LogP contribution in [0.5, 0.6) is 0 Å². The molecule has 1 unspecified atom stereocenters. The van der Waals surface area contributed by atoms with Crippen LogP contribution >= 0.6 is 0 Å². The van der Waals surface area contributed by atoms with Gasteiger partial charge >= 0.3 is 0 Å². The van der Waals surface area contributed by atoms with Crippen molar-refractivity contribution in [2.45, 2.75) is 33.6 Å². The van der Waals surface area contributed by atoms with Crippen LogP contribution in [-0.2, 0) is 4.79 Å². The number of hydrogen-bond donors (Lipinski definition) is 1. The molecule has 2 heterocycles. The van der Waals surface area contributed by atoms with Gasteiger partial charge in [0, 0.05) is 13.1 Å². The highest BCUT2D eigenvalue weighted by Crippen LogP contribution is 2.18. The highest BCUT2D eigenvalue weighted by atomic mass is 16.2. The summed E-state index contributed by atoms with van der Waals surface area (Å²) in [6.07, 6.45) is 2.50. The van der Waals surface area contributed by atoms with Crippen molar-refractivity contribution >= 4 is 11.7 Å². The van der Waals surface area contributed by atoms with E-state index in [2.05, 4.69) is 22.2 Å². The number of hydrogen-bond acceptors (Lipinski definition) is 4. The lowest BCUT2D eigenvalue weighted by molar-refractivity contribution is -0.117. The number of carbonyl (C=O) groups is 2. The number of nitrogens with zero attached hydrogens (tertiary/aromatic N) is 3. The second-order valence-electron chi connectivity index (χ2n) is 7.45. The number of Topliss-reactive ketones (excluding diaryl/α,β-unsaturated/α-hetero) is 1. The predicted octanol–water partition coefficient (Wildman–Crippen LogP) is 2.52. The van der Waals surface area contributed by atoms with E-state index in [1.54, 1.807) is 11.6 Å². The Hall–Kier alpha value is -2.47. The van der Waals surface area contributed by atoms with Crippen LogP contribution in [0.15, 0.2) is 30.3 Å². The number of rotatable bonds is 7. The average molecular weight is 368 g/mol. The zero-order valence-electron chi connectivity index (χ0n) is 16.4. The summed E-state index contributed by atoms with van der Waals surface area (Å²) in [6.45, 7) is 9.42. The van der Waals surface area contributed by atoms with E-state index in [4.69, 9.17) is 0 Å². The third-order valence-electron chi connectivity index (χ3n) is 5.11. The summed E-state index contributed by atoms with van der Waals surface area (Å²) in [6, 6.07) is 9.61. The van der Waals surface area contributed by atoms with Crippen molar-refractivity contribution in [3.8, 4) is 5.69 Å². The molecule has 27 heavy (non-hydrogen) atoms. The van der Waals surface area contributed by atoms with E-state index in [9.17, 15) is 9.59 Å². The molecule has 1 saturated heterocycles. The lowest BCUT2D eigenvalue weighted by atomic mass is 10.1. The minimum atomic E-state index is -0.554. The van der Waals surface area contributed by atoms with Crippen LogP contribution < -0.4 is 5.32 Å². The smallest absolute Gasteiger partial charge is 0.292 e. The van der Waals surface area contributed by atoms with Gasteiger partial charge in [0.1, 0.15) is 0 Å². The molecular weight excluding hydrogens is 340 g/mol. The molecule has 1 aliphatic rings. The minimum Gasteiger partial charge on any atom is -0.349 e. The summed E-state index contributed by atoms with van der Waals surface area (Å²) in [5, 5.41) is 7.26. The predicted molar refractivity (Wildman–Crippen MR) is 105 cm³/mol. The Bertz CT molecular complexity index is 807. The highest BCUT2D eigenvalue weighted by Gasteiger charge is 2.25. The fourth-order valence-corrected chi connectivity index (χ4v) is 3.72. The molecule has 3 rings (SSSR count). The van der Waals surface area contributed by atoms with E-state index in [0.29, 0.717) is 29.4 Å². The maximum absolute atomic E-state index is 12.7. The van der Waals surface area contributed by atoms with E-state index in [1.165, 1.54) is 12.8 Å². The second kappa shape index (κ2) is 8.48. The number of amides is 1. The van der Waals surface area contributed by atoms with Crippen molar-refractivity contribution in [3.05, 3.63) is 47.3 Å². The lowest BCUT2D eigenvalue weighted by Gasteiger charge is -2.20. The van der Waals surface area contributed by atoms with E-state index < -0.39 is 11.7 Å². The van der Waals surface area contributed by atoms with Gasteiger partial charge in [0.15, 0.2) is 0 Å². The minimum absolute atomic E-state index is 0.314. The van der Waals surface area contributed by atoms with Gasteiger partial charge in [0.25, 0.3) is 11.7 Å². The maximum atomic E-state index is 12.7. The van der Waals surface area contributed by atoms with Gasteiger partial charge in [-0.3, -0.25) is 9.59 Å². The molecule has 1 amide bonds. The first-order chi connectivity index (χ1) is 13.0. The SMILES string of the molecule is Cc1nn(-c2ccccc2)c(C)c1C(=O)C(=O)NCC(C)CN1CCCC1. The van der Waals surface area contributed by atoms with Gasteiger partial charge in [-0.1, -0.05) is 25.1 Å². The first kappa shape index (κ1) is 19.3. The molecule has 6 nitrogen and oxygen atoms in total. The third kappa shape index (κ3) is 4.45. The number of benzene rings is 1. The summed E-state index contributed by atoms with van der Waals surface area (Å²) in [4.78, 5) is 27.5. The van der Waals surface area contributed by atoms with Crippen molar-refractivity contribution in [3.63, 3.8) is 0 Å². The first-order valence-corrected chi connectivity index (χ1v) is 9.64. The van der Waals surface area contributed by atoms with Crippen molar-refractivity contribution < 1.29 is 9.59 Å². The molecule has 1 N–H and O–H groups in total. The summed E-state index contributed by atoms with van der Waals surface area (Å²) in [5.41, 5.74) is 2.52. The van der Waals surface area contributed by atoms with Crippen LogP contribution in [0.3, 0.4) is 0 Å². The monoisotopic (exact) mass is 368 g/mol. The lowest BCUT2D eigenvalue weighted by Crippen LogP contribution is -2.38. The molecule has 0 aliphatic carbocycles. The molecule has 0 spiro atoms. The Morgan fingerprint density at radius 1 is 1.15 bits per heavy atom. The van der Waals surface area contributed by atoms with E-state index in [1.807, 2.05) is 37.3 Å². The van der Waals surface area contributed by atoms with Gasteiger partial charge in [-0.25, -0.2) is 4.68 Å². The van der Waals surface area contributed by atoms with Crippen LogP contribution in [0.4, 0.5) is 0 Å². The zero-order valence-corrected chi connectivity index (χ0v) is 16.4. The van der Waals surface area contributed by atoms with Crippen LogP contribution in [0.1, 0.15) is 41.5 Å². The Kier molecular flexibility index (Phi) is 6.06. The molecule has 1 aromatic heterocycles. The van der Waals surface area contributed by atoms with Crippen LogP contribution in [0.2, 0.25) is 0 Å². The van der Waals surface area contributed by atoms with Crippen LogP contribution in [0.25, 0.3) is 5.69 Å². The average Bonchev–Trinajstić information content (AvgIpc) is 3.27. The van der Waals surface area contributed by atoms with Gasteiger partial charge in [0.2, 0.25) is 0 Å². The van der Waals surface area contributed by atoms with Gasteiger partial charge < -0.3 is 10.2 Å². The first-order valence-electron chi connectivity index (χ1n) is 9.64. The number of nitrogens with one attached hydrogen (secondary N) is 1. The standard InChI is InChI=1S/C21H28N4O2/c1-15(14-24-11-7-8-12-24)13-22-21(27)20(26)19-16(2)23-25(17(19)3)18-9-5-4-6-10-18/h4-6,9-10,15H,7-8,11-14H2,1-3H3,(H,22,27). The molecule has 6 heteroatoms. The van der Waals surface area contributed by atoms with E-state index >= 15 is 0 Å². The number of carbonyl (C=O) groups excluding carboxylic acids is 2. The highest BCUT2D eigenvalue weighted by molar-refractivity contribution is 6.43. The number of aryl methyl sites for hydroxylation is 1.